The molecule has 0 radical (unpaired) electrons. The Hall–Kier alpha value is -0.590. The average Bonchev–Trinajstić information content (AvgIpc) is 3.25. The molecule has 20 heavy (non-hydrogen) atoms. The predicted molar refractivity (Wildman–Crippen MR) is 85.6 cm³/mol. The van der Waals surface area contributed by atoms with Gasteiger partial charge in [0.25, 0.3) is 0 Å². The van der Waals surface area contributed by atoms with Crippen LogP contribution in [0.4, 0.5) is 0 Å². The molecule has 1 saturated carbocycles. The summed E-state index contributed by atoms with van der Waals surface area (Å²) in [5.74, 6) is 0.947. The highest BCUT2D eigenvalue weighted by molar-refractivity contribution is 5.06. The predicted octanol–water partition coefficient (Wildman–Crippen LogP) is 3.56. The molecule has 1 rings (SSSR count). The lowest BCUT2D eigenvalue weighted by Crippen LogP contribution is -2.44. The Balaban J connectivity index is 2.39. The first kappa shape index (κ1) is 17.5. The summed E-state index contributed by atoms with van der Waals surface area (Å²) in [6, 6.07) is 3.15. The Kier molecular flexibility index (Phi) is 7.55. The van der Waals surface area contributed by atoms with E-state index >= 15 is 0 Å². The van der Waals surface area contributed by atoms with Crippen molar-refractivity contribution in [2.24, 2.45) is 5.92 Å². The van der Waals surface area contributed by atoms with Gasteiger partial charge in [0.2, 0.25) is 0 Å². The summed E-state index contributed by atoms with van der Waals surface area (Å²) in [7, 11) is 0. The van der Waals surface area contributed by atoms with E-state index in [9.17, 15) is 5.26 Å². The van der Waals surface area contributed by atoms with Crippen molar-refractivity contribution in [3.05, 3.63) is 0 Å². The maximum atomic E-state index is 9.51. The van der Waals surface area contributed by atoms with E-state index in [0.29, 0.717) is 6.04 Å². The molecule has 3 nitrogen and oxygen atoms in total. The van der Waals surface area contributed by atoms with Gasteiger partial charge in [0, 0.05) is 12.6 Å². The van der Waals surface area contributed by atoms with Gasteiger partial charge < -0.3 is 4.90 Å². The molecule has 1 aliphatic carbocycles. The Bertz CT molecular complexity index is 304. The molecule has 1 fully saturated rings. The summed E-state index contributed by atoms with van der Waals surface area (Å²) in [6.45, 7) is 12.2. The molecular weight excluding hydrogens is 246 g/mol. The fourth-order valence-electron chi connectivity index (χ4n) is 2.71. The van der Waals surface area contributed by atoms with Gasteiger partial charge >= 0.3 is 0 Å². The monoisotopic (exact) mass is 279 g/mol. The fourth-order valence-corrected chi connectivity index (χ4v) is 2.71. The van der Waals surface area contributed by atoms with E-state index in [1.807, 2.05) is 0 Å². The van der Waals surface area contributed by atoms with Gasteiger partial charge in [-0.3, -0.25) is 5.32 Å². The summed E-state index contributed by atoms with van der Waals surface area (Å²) >= 11 is 0. The molecule has 3 heteroatoms. The molecular formula is C17H33N3. The molecule has 1 atom stereocenters. The van der Waals surface area contributed by atoms with Gasteiger partial charge in [-0.2, -0.15) is 5.26 Å². The normalized spacial score (nSPS) is 18.2. The number of hydrogen-bond acceptors (Lipinski definition) is 3. The molecule has 0 bridgehead atoms. The van der Waals surface area contributed by atoms with Gasteiger partial charge in [0.15, 0.2) is 0 Å². The second kappa shape index (κ2) is 8.64. The zero-order chi connectivity index (χ0) is 15.0. The van der Waals surface area contributed by atoms with Crippen LogP contribution in [0.3, 0.4) is 0 Å². The van der Waals surface area contributed by atoms with Gasteiger partial charge in [-0.05, 0) is 71.4 Å². The lowest BCUT2D eigenvalue weighted by molar-refractivity contribution is 0.200. The Morgan fingerprint density at radius 2 is 2.05 bits per heavy atom. The average molecular weight is 279 g/mol. The van der Waals surface area contributed by atoms with E-state index in [4.69, 9.17) is 0 Å². The van der Waals surface area contributed by atoms with Crippen LogP contribution in [0.1, 0.15) is 66.2 Å². The van der Waals surface area contributed by atoms with Crippen LogP contribution in [0.5, 0.6) is 0 Å². The zero-order valence-corrected chi connectivity index (χ0v) is 13.9. The highest BCUT2D eigenvalue weighted by atomic mass is 15.1. The lowest BCUT2D eigenvalue weighted by atomic mass is 9.91. The number of hydrogen-bond donors (Lipinski definition) is 1. The molecule has 1 unspecified atom stereocenters. The van der Waals surface area contributed by atoms with Crippen LogP contribution < -0.4 is 5.32 Å². The summed E-state index contributed by atoms with van der Waals surface area (Å²) in [4.78, 5) is 2.59. The van der Waals surface area contributed by atoms with Crippen molar-refractivity contribution < 1.29 is 0 Å². The molecule has 0 aromatic carbocycles. The van der Waals surface area contributed by atoms with Crippen LogP contribution in [0.2, 0.25) is 0 Å². The Morgan fingerprint density at radius 1 is 1.35 bits per heavy atom. The van der Waals surface area contributed by atoms with E-state index in [0.717, 1.165) is 44.7 Å². The first-order chi connectivity index (χ1) is 9.56. The van der Waals surface area contributed by atoms with Crippen molar-refractivity contribution in [1.29, 1.82) is 5.26 Å². The van der Waals surface area contributed by atoms with Gasteiger partial charge in [-0.15, -0.1) is 0 Å². The summed E-state index contributed by atoms with van der Waals surface area (Å²) < 4.78 is 0. The van der Waals surface area contributed by atoms with Crippen molar-refractivity contribution >= 4 is 0 Å². The van der Waals surface area contributed by atoms with Crippen molar-refractivity contribution in [2.75, 3.05) is 19.6 Å². The lowest BCUT2D eigenvalue weighted by Gasteiger charge is -2.30. The van der Waals surface area contributed by atoms with Crippen molar-refractivity contribution in [1.82, 2.24) is 10.2 Å². The summed E-state index contributed by atoms with van der Waals surface area (Å²) in [5, 5.41) is 13.0. The van der Waals surface area contributed by atoms with Gasteiger partial charge in [0.05, 0.1) is 6.07 Å². The number of nitrogens with one attached hydrogen (secondary N) is 1. The SMILES string of the molecule is CCCNC(C#N)(CC)CCCN(CC1CC1)C(C)C. The molecule has 1 aliphatic rings. The zero-order valence-electron chi connectivity index (χ0n) is 13.9. The molecule has 0 amide bonds. The van der Waals surface area contributed by atoms with Crippen molar-refractivity contribution in [3.63, 3.8) is 0 Å². The minimum Gasteiger partial charge on any atom is -0.301 e. The topological polar surface area (TPSA) is 39.1 Å². The number of nitriles is 1. The quantitative estimate of drug-likeness (QED) is 0.628. The van der Waals surface area contributed by atoms with Crippen LogP contribution in [0, 0.1) is 17.2 Å². The van der Waals surface area contributed by atoms with Crippen LogP contribution in [0.15, 0.2) is 0 Å². The Morgan fingerprint density at radius 3 is 2.50 bits per heavy atom. The van der Waals surface area contributed by atoms with Crippen LogP contribution in [0.25, 0.3) is 0 Å². The minimum atomic E-state index is -0.307. The third-order valence-electron chi connectivity index (χ3n) is 4.50. The van der Waals surface area contributed by atoms with Gasteiger partial charge in [0.1, 0.15) is 5.54 Å². The standard InChI is InChI=1S/C17H33N3/c1-5-11-19-17(6-2,14-18)10-7-12-20(15(3)4)13-16-8-9-16/h15-16,19H,5-13H2,1-4H3. The molecule has 0 aliphatic heterocycles. The third kappa shape index (κ3) is 5.81. The smallest absolute Gasteiger partial charge is 0.106 e. The summed E-state index contributed by atoms with van der Waals surface area (Å²) in [6.07, 6.45) is 6.89. The van der Waals surface area contributed by atoms with Crippen LogP contribution in [-0.4, -0.2) is 36.1 Å². The van der Waals surface area contributed by atoms with E-state index in [1.165, 1.54) is 19.4 Å². The minimum absolute atomic E-state index is 0.307. The largest absolute Gasteiger partial charge is 0.301 e. The van der Waals surface area contributed by atoms with Crippen LogP contribution in [-0.2, 0) is 0 Å². The molecule has 0 saturated heterocycles. The van der Waals surface area contributed by atoms with E-state index in [-0.39, 0.29) is 5.54 Å². The van der Waals surface area contributed by atoms with Gasteiger partial charge in [-0.25, -0.2) is 0 Å². The molecule has 0 aromatic heterocycles. The van der Waals surface area contributed by atoms with Crippen molar-refractivity contribution in [3.8, 4) is 6.07 Å². The van der Waals surface area contributed by atoms with E-state index in [2.05, 4.69) is 44.0 Å². The van der Waals surface area contributed by atoms with E-state index in [1.54, 1.807) is 0 Å². The fraction of sp³-hybridized carbons (Fsp3) is 0.941. The molecule has 0 heterocycles. The van der Waals surface area contributed by atoms with Crippen molar-refractivity contribution in [2.45, 2.75) is 77.8 Å². The highest BCUT2D eigenvalue weighted by Crippen LogP contribution is 2.30. The first-order valence-corrected chi connectivity index (χ1v) is 8.47. The maximum absolute atomic E-state index is 9.51. The molecule has 1 N–H and O–H groups in total. The Labute approximate surface area is 125 Å². The summed E-state index contributed by atoms with van der Waals surface area (Å²) in [5.41, 5.74) is -0.307. The first-order valence-electron chi connectivity index (χ1n) is 8.47. The number of rotatable bonds is 11. The van der Waals surface area contributed by atoms with Gasteiger partial charge in [-0.1, -0.05) is 13.8 Å². The highest BCUT2D eigenvalue weighted by Gasteiger charge is 2.28. The number of nitrogens with zero attached hydrogens (tertiary/aromatic N) is 2. The second-order valence-electron chi connectivity index (χ2n) is 6.61. The van der Waals surface area contributed by atoms with Crippen LogP contribution >= 0.6 is 0 Å². The third-order valence-corrected chi connectivity index (χ3v) is 4.50. The van der Waals surface area contributed by atoms with E-state index < -0.39 is 0 Å². The second-order valence-corrected chi connectivity index (χ2v) is 6.61. The maximum Gasteiger partial charge on any atom is 0.106 e. The molecule has 0 aromatic rings. The molecule has 116 valence electrons. The molecule has 0 spiro atoms.